The lowest BCUT2D eigenvalue weighted by molar-refractivity contribution is 0.839. The van der Waals surface area contributed by atoms with Crippen LogP contribution in [-0.4, -0.2) is 19.3 Å². The number of hydrogen-bond donors (Lipinski definition) is 2. The number of thiocarbonyl (C=S) groups is 2. The molecule has 2 aromatic carbocycles. The van der Waals surface area contributed by atoms with Crippen LogP contribution in [0.4, 0.5) is 11.4 Å². The van der Waals surface area contributed by atoms with Crippen LogP contribution in [0.2, 0.25) is 0 Å². The predicted octanol–water partition coefficient (Wildman–Crippen LogP) is 11.1. The van der Waals surface area contributed by atoms with Gasteiger partial charge in [-0.25, -0.2) is 4.98 Å². The molecule has 0 aliphatic rings. The number of rotatable bonds is 8. The van der Waals surface area contributed by atoms with Crippen LogP contribution in [0.15, 0.2) is 54.6 Å². The lowest BCUT2D eigenvalue weighted by Crippen LogP contribution is -2.20. The Bertz CT molecular complexity index is 1160. The fourth-order valence-corrected chi connectivity index (χ4v) is 4.86. The summed E-state index contributed by atoms with van der Waals surface area (Å²) in [6.45, 7) is 17.6. The highest BCUT2D eigenvalue weighted by Gasteiger charge is 2.18. The fraction of sp³-hybridized carbons (Fsp3) is 0.406. The Morgan fingerprint density at radius 2 is 0.800 bits per heavy atom. The summed E-state index contributed by atoms with van der Waals surface area (Å²) in [7, 11) is 0. The minimum absolute atomic E-state index is 0.376. The van der Waals surface area contributed by atoms with E-state index in [1.165, 1.54) is 22.3 Å². The van der Waals surface area contributed by atoms with E-state index < -0.39 is 4.30 Å². The molecular formula is C32H40Cl3N3S2. The van der Waals surface area contributed by atoms with Gasteiger partial charge in [-0.15, -0.1) is 0 Å². The van der Waals surface area contributed by atoms with Crippen molar-refractivity contribution >= 4 is 80.6 Å². The van der Waals surface area contributed by atoms with Crippen LogP contribution in [0.3, 0.4) is 0 Å². The topological polar surface area (TPSA) is 37.0 Å². The molecule has 216 valence electrons. The number of alkyl halides is 3. The standard InChI is InChI=1S/C31H39N3S2.CHCl3/c1-18(2)22-12-9-13-23(19(3)4)28(22)33-30(35)26-16-11-17-27(32-26)31(36)34-29-24(20(5)6)14-10-15-25(29)21(7)8;2-1(3)4/h9-21H,1-8H3,(H,33,35)(H,34,36);1H. The van der Waals surface area contributed by atoms with Crippen LogP contribution in [0, 0.1) is 0 Å². The Labute approximate surface area is 266 Å². The summed E-state index contributed by atoms with van der Waals surface area (Å²) in [6.07, 6.45) is 0. The molecule has 0 atom stereocenters. The van der Waals surface area contributed by atoms with Crippen molar-refractivity contribution in [3.63, 3.8) is 0 Å². The van der Waals surface area contributed by atoms with Crippen molar-refractivity contribution in [2.75, 3.05) is 10.6 Å². The first-order valence-corrected chi connectivity index (χ1v) is 15.6. The molecule has 0 fully saturated rings. The van der Waals surface area contributed by atoms with E-state index in [0.29, 0.717) is 45.0 Å². The Morgan fingerprint density at radius 3 is 1.05 bits per heavy atom. The lowest BCUT2D eigenvalue weighted by atomic mass is 9.92. The number of para-hydroxylation sites is 2. The first kappa shape index (κ1) is 34.4. The van der Waals surface area contributed by atoms with Gasteiger partial charge in [0.2, 0.25) is 0 Å². The number of aromatic nitrogens is 1. The maximum absolute atomic E-state index is 5.84. The molecule has 0 bridgehead atoms. The lowest BCUT2D eigenvalue weighted by Gasteiger charge is -2.22. The molecular weight excluding hydrogens is 597 g/mol. The molecule has 0 aliphatic heterocycles. The molecule has 1 aromatic heterocycles. The van der Waals surface area contributed by atoms with E-state index in [2.05, 4.69) is 102 Å². The van der Waals surface area contributed by atoms with Gasteiger partial charge >= 0.3 is 0 Å². The van der Waals surface area contributed by atoms with Gasteiger partial charge in [0.1, 0.15) is 9.98 Å². The first-order valence-electron chi connectivity index (χ1n) is 13.5. The van der Waals surface area contributed by atoms with Gasteiger partial charge in [0.15, 0.2) is 4.30 Å². The zero-order valence-corrected chi connectivity index (χ0v) is 28.4. The van der Waals surface area contributed by atoms with E-state index in [4.69, 9.17) is 64.2 Å². The van der Waals surface area contributed by atoms with Crippen LogP contribution < -0.4 is 10.6 Å². The Kier molecular flexibility index (Phi) is 13.8. The minimum atomic E-state index is -0.750. The largest absolute Gasteiger partial charge is 0.344 e. The smallest absolute Gasteiger partial charge is 0.180 e. The van der Waals surface area contributed by atoms with Crippen molar-refractivity contribution in [1.29, 1.82) is 0 Å². The maximum atomic E-state index is 5.84. The highest BCUT2D eigenvalue weighted by atomic mass is 35.6. The summed E-state index contributed by atoms with van der Waals surface area (Å²) in [5.74, 6) is 1.50. The first-order chi connectivity index (χ1) is 18.7. The molecule has 0 saturated heterocycles. The molecule has 1 heterocycles. The summed E-state index contributed by atoms with van der Waals surface area (Å²) < 4.78 is -0.750. The summed E-state index contributed by atoms with van der Waals surface area (Å²) in [6, 6.07) is 18.8. The number of nitrogens with zero attached hydrogens (tertiary/aromatic N) is 1. The zero-order chi connectivity index (χ0) is 30.1. The quantitative estimate of drug-likeness (QED) is 0.190. The Balaban J connectivity index is 0.00000131. The summed E-state index contributed by atoms with van der Waals surface area (Å²) in [5, 5.41) is 7.05. The summed E-state index contributed by atoms with van der Waals surface area (Å²) >= 11 is 26.1. The third kappa shape index (κ3) is 9.66. The highest BCUT2D eigenvalue weighted by molar-refractivity contribution is 7.81. The molecule has 0 aliphatic carbocycles. The zero-order valence-electron chi connectivity index (χ0n) is 24.5. The van der Waals surface area contributed by atoms with Gasteiger partial charge in [-0.2, -0.15) is 0 Å². The molecule has 0 saturated carbocycles. The van der Waals surface area contributed by atoms with E-state index in [9.17, 15) is 0 Å². The molecule has 3 rings (SSSR count). The third-order valence-electron chi connectivity index (χ3n) is 6.44. The van der Waals surface area contributed by atoms with E-state index in [1.807, 2.05) is 18.2 Å². The van der Waals surface area contributed by atoms with Gasteiger partial charge in [0, 0.05) is 11.4 Å². The SMILES string of the molecule is CC(C)c1cccc(C(C)C)c1NC(=S)c1cccc(C(=S)Nc2c(C(C)C)cccc2C(C)C)n1.ClC(Cl)Cl. The highest BCUT2D eigenvalue weighted by Crippen LogP contribution is 2.34. The van der Waals surface area contributed by atoms with Gasteiger partial charge < -0.3 is 10.6 Å². The normalized spacial score (nSPS) is 11.2. The van der Waals surface area contributed by atoms with Crippen molar-refractivity contribution in [1.82, 2.24) is 4.98 Å². The Morgan fingerprint density at radius 1 is 0.550 bits per heavy atom. The van der Waals surface area contributed by atoms with E-state index >= 15 is 0 Å². The van der Waals surface area contributed by atoms with Crippen molar-refractivity contribution in [3.05, 3.63) is 88.2 Å². The average molecular weight is 637 g/mol. The molecule has 0 spiro atoms. The van der Waals surface area contributed by atoms with Gasteiger partial charge in [0.25, 0.3) is 0 Å². The van der Waals surface area contributed by atoms with Crippen molar-refractivity contribution in [2.45, 2.75) is 83.4 Å². The number of anilines is 2. The number of nitrogens with one attached hydrogen (secondary N) is 2. The number of halogens is 3. The van der Waals surface area contributed by atoms with Crippen LogP contribution >= 0.6 is 59.2 Å². The number of hydrogen-bond acceptors (Lipinski definition) is 3. The molecule has 40 heavy (non-hydrogen) atoms. The van der Waals surface area contributed by atoms with Crippen molar-refractivity contribution < 1.29 is 0 Å². The monoisotopic (exact) mass is 635 g/mol. The van der Waals surface area contributed by atoms with E-state index in [0.717, 1.165) is 11.4 Å². The van der Waals surface area contributed by atoms with Crippen molar-refractivity contribution in [3.8, 4) is 0 Å². The van der Waals surface area contributed by atoms with Crippen LogP contribution in [0.1, 0.15) is 113 Å². The van der Waals surface area contributed by atoms with Crippen LogP contribution in [-0.2, 0) is 0 Å². The van der Waals surface area contributed by atoms with Gasteiger partial charge in [-0.1, -0.05) is 157 Å². The third-order valence-corrected chi connectivity index (χ3v) is 7.06. The molecule has 8 heteroatoms. The molecule has 0 unspecified atom stereocenters. The predicted molar refractivity (Wildman–Crippen MR) is 185 cm³/mol. The molecule has 0 amide bonds. The second kappa shape index (κ2) is 16.0. The second-order valence-corrected chi connectivity index (χ2v) is 13.6. The van der Waals surface area contributed by atoms with Crippen LogP contribution in [0.25, 0.3) is 0 Å². The molecule has 2 N–H and O–H groups in total. The molecule has 3 nitrogen and oxygen atoms in total. The van der Waals surface area contributed by atoms with Gasteiger partial charge in [0.05, 0.1) is 11.4 Å². The number of benzene rings is 2. The minimum Gasteiger partial charge on any atom is -0.344 e. The fourth-order valence-electron chi connectivity index (χ4n) is 4.43. The second-order valence-electron chi connectivity index (χ2n) is 10.8. The van der Waals surface area contributed by atoms with Crippen molar-refractivity contribution in [2.24, 2.45) is 0 Å². The summed E-state index contributed by atoms with van der Waals surface area (Å²) in [4.78, 5) is 6.05. The maximum Gasteiger partial charge on any atom is 0.180 e. The number of pyridine rings is 1. The Hall–Kier alpha value is -1.76. The molecule has 0 radical (unpaired) electrons. The summed E-state index contributed by atoms with van der Waals surface area (Å²) in [5.41, 5.74) is 8.61. The van der Waals surface area contributed by atoms with Gasteiger partial charge in [-0.3, -0.25) is 0 Å². The van der Waals surface area contributed by atoms with E-state index in [-0.39, 0.29) is 0 Å². The molecule has 3 aromatic rings. The average Bonchev–Trinajstić information content (AvgIpc) is 2.88. The van der Waals surface area contributed by atoms with Gasteiger partial charge in [-0.05, 0) is 58.1 Å². The van der Waals surface area contributed by atoms with Crippen LogP contribution in [0.5, 0.6) is 0 Å². The van der Waals surface area contributed by atoms with E-state index in [1.54, 1.807) is 0 Å².